The summed E-state index contributed by atoms with van der Waals surface area (Å²) in [6, 6.07) is 4.29. The van der Waals surface area contributed by atoms with Crippen LogP contribution in [0.4, 0.5) is 5.69 Å². The van der Waals surface area contributed by atoms with E-state index in [0.717, 1.165) is 0 Å². The molecule has 0 unspecified atom stereocenters. The first-order chi connectivity index (χ1) is 9.43. The van der Waals surface area contributed by atoms with Crippen molar-refractivity contribution >= 4 is 39.5 Å². The lowest BCUT2D eigenvalue weighted by molar-refractivity contribution is -0.144. The Labute approximate surface area is 124 Å². The summed E-state index contributed by atoms with van der Waals surface area (Å²) < 4.78 is 5.27. The van der Waals surface area contributed by atoms with Gasteiger partial charge in [-0.05, 0) is 41.1 Å². The summed E-state index contributed by atoms with van der Waals surface area (Å²) in [6.45, 7) is 1.96. The Kier molecular flexibility index (Phi) is 6.17. The summed E-state index contributed by atoms with van der Waals surface area (Å²) >= 11 is 3.21. The number of carbonyl (C=O) groups excluding carboxylic acids is 2. The molecule has 0 spiro atoms. The number of aromatic carboxylic acids is 1. The number of nitrogens with one attached hydrogen (secondary N) is 1. The summed E-state index contributed by atoms with van der Waals surface area (Å²) in [4.78, 5) is 33.6. The average molecular weight is 344 g/mol. The minimum atomic E-state index is -1.08. The third-order valence-electron chi connectivity index (χ3n) is 2.35. The van der Waals surface area contributed by atoms with E-state index in [1.807, 2.05) is 0 Å². The van der Waals surface area contributed by atoms with Gasteiger partial charge in [0.2, 0.25) is 5.91 Å². The molecule has 0 radical (unpaired) electrons. The second-order valence-electron chi connectivity index (χ2n) is 3.85. The molecule has 1 aromatic carbocycles. The van der Waals surface area contributed by atoms with Crippen LogP contribution in [0.25, 0.3) is 0 Å². The first-order valence-electron chi connectivity index (χ1n) is 5.92. The minimum Gasteiger partial charge on any atom is -0.478 e. The molecule has 1 aromatic rings. The van der Waals surface area contributed by atoms with Crippen LogP contribution in [0.3, 0.4) is 0 Å². The summed E-state index contributed by atoms with van der Waals surface area (Å²) in [7, 11) is 0. The van der Waals surface area contributed by atoms with Crippen LogP contribution in [-0.2, 0) is 14.3 Å². The van der Waals surface area contributed by atoms with Crippen molar-refractivity contribution in [2.45, 2.75) is 19.8 Å². The summed E-state index contributed by atoms with van der Waals surface area (Å²) in [5, 5.41) is 11.4. The first kappa shape index (κ1) is 16.2. The second-order valence-corrected chi connectivity index (χ2v) is 4.71. The molecule has 0 saturated heterocycles. The molecule has 2 N–H and O–H groups in total. The van der Waals surface area contributed by atoms with Crippen LogP contribution >= 0.6 is 15.9 Å². The molecular formula is C13H14BrNO5. The third kappa shape index (κ3) is 5.00. The molecule has 20 heavy (non-hydrogen) atoms. The fourth-order valence-electron chi connectivity index (χ4n) is 1.42. The van der Waals surface area contributed by atoms with E-state index in [-0.39, 0.29) is 30.9 Å². The number of anilines is 1. The fraction of sp³-hybridized carbons (Fsp3) is 0.308. The molecular weight excluding hydrogens is 330 g/mol. The highest BCUT2D eigenvalue weighted by molar-refractivity contribution is 9.10. The van der Waals surface area contributed by atoms with Gasteiger partial charge in [-0.3, -0.25) is 9.59 Å². The number of amides is 1. The maximum absolute atomic E-state index is 11.7. The quantitative estimate of drug-likeness (QED) is 0.773. The lowest BCUT2D eigenvalue weighted by Crippen LogP contribution is -2.15. The standard InChI is InChI=1S/C13H14BrNO5/c1-2-20-12(17)6-5-11(16)15-10-7-8(13(18)19)3-4-9(10)14/h3-4,7H,2,5-6H2,1H3,(H,15,16)(H,18,19). The zero-order chi connectivity index (χ0) is 15.1. The van der Waals surface area contributed by atoms with Crippen molar-refractivity contribution in [3.63, 3.8) is 0 Å². The maximum Gasteiger partial charge on any atom is 0.335 e. The maximum atomic E-state index is 11.7. The smallest absolute Gasteiger partial charge is 0.335 e. The van der Waals surface area contributed by atoms with Crippen molar-refractivity contribution in [1.29, 1.82) is 0 Å². The van der Waals surface area contributed by atoms with Crippen molar-refractivity contribution in [1.82, 2.24) is 0 Å². The lowest BCUT2D eigenvalue weighted by Gasteiger charge is -2.08. The molecule has 0 aliphatic rings. The van der Waals surface area contributed by atoms with Gasteiger partial charge in [0.05, 0.1) is 24.3 Å². The van der Waals surface area contributed by atoms with Crippen LogP contribution in [0.15, 0.2) is 22.7 Å². The molecule has 7 heteroatoms. The molecule has 0 bridgehead atoms. The van der Waals surface area contributed by atoms with Gasteiger partial charge in [0.15, 0.2) is 0 Å². The number of carboxylic acids is 1. The van der Waals surface area contributed by atoms with Gasteiger partial charge in [0, 0.05) is 10.9 Å². The van der Waals surface area contributed by atoms with Crippen molar-refractivity contribution in [3.05, 3.63) is 28.2 Å². The molecule has 108 valence electrons. The lowest BCUT2D eigenvalue weighted by atomic mass is 10.2. The van der Waals surface area contributed by atoms with Crippen molar-refractivity contribution in [2.24, 2.45) is 0 Å². The number of rotatable bonds is 6. The van der Waals surface area contributed by atoms with E-state index in [9.17, 15) is 14.4 Å². The summed E-state index contributed by atoms with van der Waals surface area (Å²) in [6.07, 6.45) is -0.0432. The van der Waals surface area contributed by atoms with Crippen LogP contribution in [0, 0.1) is 0 Å². The molecule has 1 rings (SSSR count). The van der Waals surface area contributed by atoms with E-state index < -0.39 is 11.9 Å². The van der Waals surface area contributed by atoms with E-state index in [1.165, 1.54) is 18.2 Å². The number of esters is 1. The van der Waals surface area contributed by atoms with Gasteiger partial charge >= 0.3 is 11.9 Å². The Morgan fingerprint density at radius 1 is 1.30 bits per heavy atom. The molecule has 0 heterocycles. The number of benzene rings is 1. The average Bonchev–Trinajstić information content (AvgIpc) is 2.39. The third-order valence-corrected chi connectivity index (χ3v) is 3.04. The van der Waals surface area contributed by atoms with Crippen molar-refractivity contribution in [3.8, 4) is 0 Å². The second kappa shape index (κ2) is 7.64. The fourth-order valence-corrected chi connectivity index (χ4v) is 1.76. The summed E-state index contributed by atoms with van der Waals surface area (Å²) in [5.41, 5.74) is 0.410. The number of hydrogen-bond donors (Lipinski definition) is 2. The van der Waals surface area contributed by atoms with Gasteiger partial charge in [-0.2, -0.15) is 0 Å². The van der Waals surface area contributed by atoms with Gasteiger partial charge < -0.3 is 15.2 Å². The van der Waals surface area contributed by atoms with Crippen LogP contribution in [-0.4, -0.2) is 29.6 Å². The molecule has 1 amide bonds. The van der Waals surface area contributed by atoms with E-state index >= 15 is 0 Å². The Morgan fingerprint density at radius 2 is 2.00 bits per heavy atom. The van der Waals surface area contributed by atoms with Crippen LogP contribution in [0.1, 0.15) is 30.1 Å². The van der Waals surface area contributed by atoms with Gasteiger partial charge in [0.1, 0.15) is 0 Å². The predicted molar refractivity (Wildman–Crippen MR) is 75.6 cm³/mol. The zero-order valence-electron chi connectivity index (χ0n) is 10.8. The predicted octanol–water partition coefficient (Wildman–Crippen LogP) is 2.43. The van der Waals surface area contributed by atoms with Gasteiger partial charge in [-0.15, -0.1) is 0 Å². The normalized spacial score (nSPS) is 9.90. The van der Waals surface area contributed by atoms with E-state index in [2.05, 4.69) is 21.2 Å². The van der Waals surface area contributed by atoms with E-state index in [4.69, 9.17) is 9.84 Å². The number of halogens is 1. The molecule has 0 aromatic heterocycles. The van der Waals surface area contributed by atoms with Crippen LogP contribution in [0.2, 0.25) is 0 Å². The topological polar surface area (TPSA) is 92.7 Å². The van der Waals surface area contributed by atoms with Gasteiger partial charge in [0.25, 0.3) is 0 Å². The molecule has 6 nitrogen and oxygen atoms in total. The molecule has 0 saturated carbocycles. The molecule has 0 aliphatic carbocycles. The van der Waals surface area contributed by atoms with Crippen LogP contribution in [0.5, 0.6) is 0 Å². The number of hydrogen-bond acceptors (Lipinski definition) is 4. The highest BCUT2D eigenvalue weighted by Crippen LogP contribution is 2.24. The van der Waals surface area contributed by atoms with E-state index in [0.29, 0.717) is 10.2 Å². The van der Waals surface area contributed by atoms with Gasteiger partial charge in [-0.25, -0.2) is 4.79 Å². The first-order valence-corrected chi connectivity index (χ1v) is 6.71. The van der Waals surface area contributed by atoms with Crippen LogP contribution < -0.4 is 5.32 Å². The molecule has 0 fully saturated rings. The highest BCUT2D eigenvalue weighted by atomic mass is 79.9. The number of carbonyl (C=O) groups is 3. The highest BCUT2D eigenvalue weighted by Gasteiger charge is 2.11. The SMILES string of the molecule is CCOC(=O)CCC(=O)Nc1cc(C(=O)O)ccc1Br. The minimum absolute atomic E-state index is 0.0179. The Morgan fingerprint density at radius 3 is 2.60 bits per heavy atom. The van der Waals surface area contributed by atoms with Crippen molar-refractivity contribution in [2.75, 3.05) is 11.9 Å². The Bertz CT molecular complexity index is 529. The van der Waals surface area contributed by atoms with Crippen molar-refractivity contribution < 1.29 is 24.2 Å². The molecule has 0 atom stereocenters. The largest absolute Gasteiger partial charge is 0.478 e. The monoisotopic (exact) mass is 343 g/mol. The molecule has 0 aliphatic heterocycles. The number of carboxylic acid groups (broad SMARTS) is 1. The summed E-state index contributed by atoms with van der Waals surface area (Å²) in [5.74, 6) is -1.91. The Hall–Kier alpha value is -1.89. The van der Waals surface area contributed by atoms with Gasteiger partial charge in [-0.1, -0.05) is 0 Å². The number of ether oxygens (including phenoxy) is 1. The zero-order valence-corrected chi connectivity index (χ0v) is 12.4. The van der Waals surface area contributed by atoms with E-state index in [1.54, 1.807) is 6.92 Å². The Balaban J connectivity index is 2.63.